The number of alkyl halides is 3. The molecule has 19 heavy (non-hydrogen) atoms. The molecule has 110 valence electrons. The minimum atomic E-state index is -4.47. The maximum atomic E-state index is 12.9. The maximum absolute atomic E-state index is 12.9. The van der Waals surface area contributed by atoms with Gasteiger partial charge >= 0.3 is 6.18 Å². The van der Waals surface area contributed by atoms with Crippen molar-refractivity contribution in [2.45, 2.75) is 25.1 Å². The van der Waals surface area contributed by atoms with E-state index in [9.17, 15) is 13.2 Å². The van der Waals surface area contributed by atoms with Gasteiger partial charge in [-0.3, -0.25) is 0 Å². The average Bonchev–Trinajstić information content (AvgIpc) is 2.34. The zero-order valence-corrected chi connectivity index (χ0v) is 11.2. The number of aliphatic hydroxyl groups is 1. The molecule has 0 fully saturated rings. The van der Waals surface area contributed by atoms with Gasteiger partial charge in [0, 0.05) is 12.6 Å². The molecule has 0 heterocycles. The van der Waals surface area contributed by atoms with Crippen LogP contribution in [0.1, 0.15) is 30.0 Å². The highest BCUT2D eigenvalue weighted by atomic mass is 35.5. The summed E-state index contributed by atoms with van der Waals surface area (Å²) in [6.45, 7) is -0.0921. The minimum Gasteiger partial charge on any atom is -0.497 e. The van der Waals surface area contributed by atoms with E-state index in [2.05, 4.69) is 0 Å². The summed E-state index contributed by atoms with van der Waals surface area (Å²) in [6.07, 6.45) is -3.81. The summed E-state index contributed by atoms with van der Waals surface area (Å²) < 4.78 is 43.4. The highest BCUT2D eigenvalue weighted by Gasteiger charge is 2.35. The molecule has 0 saturated heterocycles. The lowest BCUT2D eigenvalue weighted by atomic mass is 9.97. The van der Waals surface area contributed by atoms with Crippen molar-refractivity contribution in [3.05, 3.63) is 29.3 Å². The Morgan fingerprint density at radius 3 is 2.47 bits per heavy atom. The van der Waals surface area contributed by atoms with Gasteiger partial charge in [0.05, 0.1) is 12.7 Å². The van der Waals surface area contributed by atoms with Gasteiger partial charge in [-0.2, -0.15) is 13.2 Å². The van der Waals surface area contributed by atoms with Crippen LogP contribution in [0.3, 0.4) is 0 Å². The van der Waals surface area contributed by atoms with E-state index < -0.39 is 17.8 Å². The van der Waals surface area contributed by atoms with Crippen molar-refractivity contribution >= 4 is 12.4 Å². The molecule has 0 spiro atoms. The number of ether oxygens (including phenoxy) is 1. The van der Waals surface area contributed by atoms with E-state index in [0.717, 1.165) is 6.07 Å². The van der Waals surface area contributed by atoms with Gasteiger partial charge in [-0.15, -0.1) is 12.4 Å². The fourth-order valence-corrected chi connectivity index (χ4v) is 1.70. The van der Waals surface area contributed by atoms with E-state index in [-0.39, 0.29) is 30.3 Å². The van der Waals surface area contributed by atoms with Crippen molar-refractivity contribution in [2.75, 3.05) is 13.7 Å². The molecule has 0 saturated carbocycles. The molecule has 0 aliphatic rings. The Morgan fingerprint density at radius 2 is 2.00 bits per heavy atom. The maximum Gasteiger partial charge on any atom is 0.416 e. The van der Waals surface area contributed by atoms with Crippen LogP contribution >= 0.6 is 12.4 Å². The Bertz CT molecular complexity index is 399. The van der Waals surface area contributed by atoms with Crippen molar-refractivity contribution in [1.29, 1.82) is 0 Å². The van der Waals surface area contributed by atoms with Crippen molar-refractivity contribution in [3.8, 4) is 5.75 Å². The number of rotatable bonds is 5. The van der Waals surface area contributed by atoms with E-state index in [0.29, 0.717) is 12.8 Å². The minimum absolute atomic E-state index is 0. The van der Waals surface area contributed by atoms with E-state index in [1.165, 1.54) is 19.2 Å². The van der Waals surface area contributed by atoms with Gasteiger partial charge in [-0.05, 0) is 30.5 Å². The molecule has 1 aromatic rings. The zero-order valence-electron chi connectivity index (χ0n) is 10.4. The highest BCUT2D eigenvalue weighted by molar-refractivity contribution is 5.85. The summed E-state index contributed by atoms with van der Waals surface area (Å²) >= 11 is 0. The second kappa shape index (κ2) is 7.57. The quantitative estimate of drug-likeness (QED) is 0.879. The predicted octanol–water partition coefficient (Wildman–Crippen LogP) is 2.91. The molecule has 0 radical (unpaired) electrons. The molecule has 0 aromatic heterocycles. The lowest BCUT2D eigenvalue weighted by Crippen LogP contribution is -2.18. The average molecular weight is 300 g/mol. The summed E-state index contributed by atoms with van der Waals surface area (Å²) in [6, 6.07) is 2.96. The Hall–Kier alpha value is -0.980. The fraction of sp³-hybridized carbons (Fsp3) is 0.500. The first-order chi connectivity index (χ1) is 8.40. The molecule has 3 nitrogen and oxygen atoms in total. The molecule has 1 aromatic carbocycles. The smallest absolute Gasteiger partial charge is 0.416 e. The van der Waals surface area contributed by atoms with E-state index in [1.807, 2.05) is 0 Å². The number of hydrogen-bond donors (Lipinski definition) is 2. The van der Waals surface area contributed by atoms with Crippen LogP contribution in [0.2, 0.25) is 0 Å². The van der Waals surface area contributed by atoms with Crippen LogP contribution in [0.25, 0.3) is 0 Å². The third kappa shape index (κ3) is 4.89. The molecule has 0 bridgehead atoms. The van der Waals surface area contributed by atoms with Gasteiger partial charge in [0.25, 0.3) is 0 Å². The van der Waals surface area contributed by atoms with Crippen LogP contribution in [0, 0.1) is 0 Å². The third-order valence-electron chi connectivity index (χ3n) is 2.64. The van der Waals surface area contributed by atoms with Gasteiger partial charge in [0.15, 0.2) is 0 Å². The first-order valence-corrected chi connectivity index (χ1v) is 5.51. The third-order valence-corrected chi connectivity index (χ3v) is 2.64. The summed E-state index contributed by atoms with van der Waals surface area (Å²) in [5, 5.41) is 8.68. The van der Waals surface area contributed by atoms with Crippen LogP contribution in [0.5, 0.6) is 5.75 Å². The number of benzene rings is 1. The number of aliphatic hydroxyl groups excluding tert-OH is 1. The zero-order chi connectivity index (χ0) is 13.8. The Balaban J connectivity index is 0.00000324. The fourth-order valence-electron chi connectivity index (χ4n) is 1.70. The molecule has 0 aliphatic carbocycles. The van der Waals surface area contributed by atoms with Gasteiger partial charge in [-0.1, -0.05) is 6.07 Å². The van der Waals surface area contributed by atoms with Crippen LogP contribution in [0.15, 0.2) is 18.2 Å². The number of halogens is 4. The second-order valence-electron chi connectivity index (χ2n) is 3.92. The first kappa shape index (κ1) is 18.0. The summed E-state index contributed by atoms with van der Waals surface area (Å²) in [5.74, 6) is 0.139. The van der Waals surface area contributed by atoms with E-state index in [1.54, 1.807) is 0 Å². The highest BCUT2D eigenvalue weighted by Crippen LogP contribution is 2.37. The standard InChI is InChI=1S/C12H16F3NO2.ClH/c1-18-8-4-5-9(11(16)3-2-6-17)10(7-8)12(13,14)15;/h4-5,7,11,17H,2-3,6,16H2,1H3;1H/t11-;/m1./s1. The normalized spacial score (nSPS) is 12.7. The molecule has 7 heteroatoms. The lowest BCUT2D eigenvalue weighted by molar-refractivity contribution is -0.138. The topological polar surface area (TPSA) is 55.5 Å². The van der Waals surface area contributed by atoms with Gasteiger partial charge in [0.1, 0.15) is 5.75 Å². The number of methoxy groups -OCH3 is 1. The van der Waals surface area contributed by atoms with Crippen molar-refractivity contribution < 1.29 is 23.0 Å². The van der Waals surface area contributed by atoms with Crippen molar-refractivity contribution in [3.63, 3.8) is 0 Å². The predicted molar refractivity (Wildman–Crippen MR) is 68.5 cm³/mol. The lowest BCUT2D eigenvalue weighted by Gasteiger charge is -2.19. The van der Waals surface area contributed by atoms with Gasteiger partial charge < -0.3 is 15.6 Å². The summed E-state index contributed by atoms with van der Waals surface area (Å²) in [4.78, 5) is 0. The molecule has 0 aliphatic heterocycles. The molecular formula is C12H17ClF3NO2. The molecular weight excluding hydrogens is 283 g/mol. The molecule has 0 amide bonds. The van der Waals surface area contributed by atoms with Crippen LogP contribution < -0.4 is 10.5 Å². The largest absolute Gasteiger partial charge is 0.497 e. The molecule has 3 N–H and O–H groups in total. The number of hydrogen-bond acceptors (Lipinski definition) is 3. The molecule has 1 atom stereocenters. The Labute approximate surface area is 116 Å². The Morgan fingerprint density at radius 1 is 1.37 bits per heavy atom. The molecule has 0 unspecified atom stereocenters. The van der Waals surface area contributed by atoms with Crippen LogP contribution in [-0.4, -0.2) is 18.8 Å². The van der Waals surface area contributed by atoms with E-state index >= 15 is 0 Å². The monoisotopic (exact) mass is 299 g/mol. The van der Waals surface area contributed by atoms with Crippen molar-refractivity contribution in [1.82, 2.24) is 0 Å². The second-order valence-corrected chi connectivity index (χ2v) is 3.92. The van der Waals surface area contributed by atoms with Gasteiger partial charge in [-0.25, -0.2) is 0 Å². The summed E-state index contributed by atoms with van der Waals surface area (Å²) in [7, 11) is 1.31. The van der Waals surface area contributed by atoms with Crippen LogP contribution in [-0.2, 0) is 6.18 Å². The van der Waals surface area contributed by atoms with Crippen molar-refractivity contribution in [2.24, 2.45) is 5.73 Å². The summed E-state index contributed by atoms with van der Waals surface area (Å²) in [5.41, 5.74) is 4.96. The van der Waals surface area contributed by atoms with Gasteiger partial charge in [0.2, 0.25) is 0 Å². The van der Waals surface area contributed by atoms with Crippen LogP contribution in [0.4, 0.5) is 13.2 Å². The number of nitrogens with two attached hydrogens (primary N) is 1. The first-order valence-electron chi connectivity index (χ1n) is 5.51. The Kier molecular flexibility index (Phi) is 7.18. The van der Waals surface area contributed by atoms with E-state index in [4.69, 9.17) is 15.6 Å². The molecule has 1 rings (SSSR count). The SMILES string of the molecule is COc1ccc([C@H](N)CCCO)c(C(F)(F)F)c1.Cl.